The Hall–Kier alpha value is -2.29. The average molecular weight is 483 g/mol. The number of ketones is 1. The summed E-state index contributed by atoms with van der Waals surface area (Å²) in [6.45, 7) is -0.572. The molecule has 1 amide bonds. The average Bonchev–Trinajstić information content (AvgIpc) is 2.67. The van der Waals surface area contributed by atoms with Gasteiger partial charge in [0.1, 0.15) is 0 Å². The van der Waals surface area contributed by atoms with Gasteiger partial charge in [0, 0.05) is 12.0 Å². The summed E-state index contributed by atoms with van der Waals surface area (Å²) in [7, 11) is 0. The van der Waals surface area contributed by atoms with Gasteiger partial charge in [-0.2, -0.15) is 13.2 Å². The van der Waals surface area contributed by atoms with Gasteiger partial charge in [-0.3, -0.25) is 14.4 Å². The monoisotopic (exact) mass is 481 g/mol. The molecule has 0 aromatic heterocycles. The van der Waals surface area contributed by atoms with Crippen LogP contribution in [0.25, 0.3) is 0 Å². The molecule has 0 aliphatic carbocycles. The van der Waals surface area contributed by atoms with E-state index >= 15 is 0 Å². The van der Waals surface area contributed by atoms with Crippen molar-refractivity contribution in [3.63, 3.8) is 0 Å². The number of hydrogen-bond donors (Lipinski definition) is 1. The molecule has 11 heteroatoms. The maximum absolute atomic E-state index is 12.7. The van der Waals surface area contributed by atoms with E-state index in [-0.39, 0.29) is 32.7 Å². The van der Waals surface area contributed by atoms with Gasteiger partial charge < -0.3 is 10.1 Å². The lowest BCUT2D eigenvalue weighted by Gasteiger charge is -2.11. The molecule has 0 spiro atoms. The van der Waals surface area contributed by atoms with E-state index in [1.807, 2.05) is 0 Å². The molecule has 0 aliphatic rings. The molecular formula is C19H13Cl3F3NO4. The van der Waals surface area contributed by atoms with E-state index in [1.165, 1.54) is 18.2 Å². The van der Waals surface area contributed by atoms with Crippen LogP contribution in [0.15, 0.2) is 36.4 Å². The molecule has 0 unspecified atom stereocenters. The lowest BCUT2D eigenvalue weighted by molar-refractivity contribution is -0.143. The van der Waals surface area contributed by atoms with Gasteiger partial charge in [0.25, 0.3) is 0 Å². The second kappa shape index (κ2) is 10.1. The fourth-order valence-corrected chi connectivity index (χ4v) is 2.66. The Morgan fingerprint density at radius 3 is 2.20 bits per heavy atom. The summed E-state index contributed by atoms with van der Waals surface area (Å²) < 4.78 is 43.0. The van der Waals surface area contributed by atoms with Gasteiger partial charge >= 0.3 is 12.1 Å². The summed E-state index contributed by atoms with van der Waals surface area (Å²) in [6, 6.07) is 6.63. The number of carbonyl (C=O) groups excluding carboxylic acids is 3. The van der Waals surface area contributed by atoms with Crippen molar-refractivity contribution < 1.29 is 32.3 Å². The number of Topliss-reactive ketones (excluding diaryl/α,β-unsaturated/α-hetero) is 1. The van der Waals surface area contributed by atoms with E-state index in [0.29, 0.717) is 6.07 Å². The minimum absolute atomic E-state index is 0.0915. The summed E-state index contributed by atoms with van der Waals surface area (Å²) in [4.78, 5) is 35.6. The molecule has 0 saturated heterocycles. The van der Waals surface area contributed by atoms with E-state index in [9.17, 15) is 27.6 Å². The maximum Gasteiger partial charge on any atom is 0.416 e. The minimum Gasteiger partial charge on any atom is -0.457 e. The molecule has 0 atom stereocenters. The molecule has 0 radical (unpaired) electrons. The first kappa shape index (κ1) is 24.0. The first-order valence-electron chi connectivity index (χ1n) is 8.28. The van der Waals surface area contributed by atoms with Crippen LogP contribution in [0.2, 0.25) is 15.1 Å². The SMILES string of the molecule is O=C(CCC(=O)OCC(=O)c1ccc(Cl)c(Cl)c1)Nc1cc(C(F)(F)F)ccc1Cl. The Kier molecular flexibility index (Phi) is 8.11. The third kappa shape index (κ3) is 6.90. The summed E-state index contributed by atoms with van der Waals surface area (Å²) in [5.74, 6) is -2.11. The van der Waals surface area contributed by atoms with Crippen LogP contribution in [0.5, 0.6) is 0 Å². The molecule has 2 aromatic rings. The third-order valence-corrected chi connectivity index (χ3v) is 4.80. The van der Waals surface area contributed by atoms with Gasteiger partial charge in [-0.15, -0.1) is 0 Å². The van der Waals surface area contributed by atoms with Crippen LogP contribution in [0.4, 0.5) is 18.9 Å². The topological polar surface area (TPSA) is 72.5 Å². The molecular weight excluding hydrogens is 470 g/mol. The van der Waals surface area contributed by atoms with E-state index in [1.54, 1.807) is 0 Å². The van der Waals surface area contributed by atoms with Crippen LogP contribution in [-0.2, 0) is 20.5 Å². The van der Waals surface area contributed by atoms with Crippen molar-refractivity contribution in [3.05, 3.63) is 62.6 Å². The van der Waals surface area contributed by atoms with Crippen molar-refractivity contribution in [2.24, 2.45) is 0 Å². The fraction of sp³-hybridized carbons (Fsp3) is 0.211. The molecule has 0 fully saturated rings. The van der Waals surface area contributed by atoms with Crippen molar-refractivity contribution in [1.29, 1.82) is 0 Å². The first-order chi connectivity index (χ1) is 14.0. The van der Waals surface area contributed by atoms with E-state index in [4.69, 9.17) is 39.5 Å². The van der Waals surface area contributed by atoms with Crippen LogP contribution >= 0.6 is 34.8 Å². The highest BCUT2D eigenvalue weighted by Crippen LogP contribution is 2.33. The molecule has 160 valence electrons. The number of amides is 1. The molecule has 0 bridgehead atoms. The smallest absolute Gasteiger partial charge is 0.416 e. The zero-order chi connectivity index (χ0) is 22.5. The number of nitrogens with one attached hydrogen (secondary N) is 1. The molecule has 0 saturated carbocycles. The predicted octanol–water partition coefficient (Wildman–Crippen LogP) is 5.81. The summed E-state index contributed by atoms with van der Waals surface area (Å²) in [5.41, 5.74) is -1.03. The Morgan fingerprint density at radius 1 is 0.900 bits per heavy atom. The Labute approximate surface area is 184 Å². The Morgan fingerprint density at radius 2 is 1.57 bits per heavy atom. The van der Waals surface area contributed by atoms with Crippen LogP contribution < -0.4 is 5.32 Å². The molecule has 30 heavy (non-hydrogen) atoms. The highest BCUT2D eigenvalue weighted by Gasteiger charge is 2.31. The minimum atomic E-state index is -4.60. The number of ether oxygens (including phenoxy) is 1. The molecule has 1 N–H and O–H groups in total. The van der Waals surface area contributed by atoms with Crippen molar-refractivity contribution in [3.8, 4) is 0 Å². The highest BCUT2D eigenvalue weighted by atomic mass is 35.5. The zero-order valence-electron chi connectivity index (χ0n) is 15.0. The number of rotatable bonds is 7. The van der Waals surface area contributed by atoms with Gasteiger partial charge in [-0.25, -0.2) is 0 Å². The summed E-state index contributed by atoms with van der Waals surface area (Å²) >= 11 is 17.3. The maximum atomic E-state index is 12.7. The van der Waals surface area contributed by atoms with Crippen LogP contribution in [0.3, 0.4) is 0 Å². The molecule has 5 nitrogen and oxygen atoms in total. The number of hydrogen-bond acceptors (Lipinski definition) is 4. The van der Waals surface area contributed by atoms with Crippen LogP contribution in [0, 0.1) is 0 Å². The number of carbonyl (C=O) groups is 3. The summed E-state index contributed by atoms with van der Waals surface area (Å²) in [5, 5.41) is 2.54. The normalized spacial score (nSPS) is 11.1. The Bertz CT molecular complexity index is 980. The molecule has 2 aromatic carbocycles. The number of esters is 1. The van der Waals surface area contributed by atoms with Crippen molar-refractivity contribution in [2.75, 3.05) is 11.9 Å². The van der Waals surface area contributed by atoms with Crippen LogP contribution in [-0.4, -0.2) is 24.3 Å². The van der Waals surface area contributed by atoms with E-state index < -0.39 is 42.4 Å². The number of alkyl halides is 3. The second-order valence-corrected chi connectivity index (χ2v) is 7.17. The number of benzene rings is 2. The van der Waals surface area contributed by atoms with E-state index in [2.05, 4.69) is 5.32 Å². The molecule has 2 rings (SSSR count). The van der Waals surface area contributed by atoms with Crippen molar-refractivity contribution in [1.82, 2.24) is 0 Å². The van der Waals surface area contributed by atoms with E-state index in [0.717, 1.165) is 12.1 Å². The first-order valence-corrected chi connectivity index (χ1v) is 9.41. The molecule has 0 heterocycles. The lowest BCUT2D eigenvalue weighted by Crippen LogP contribution is -2.18. The van der Waals surface area contributed by atoms with Gasteiger partial charge in [-0.1, -0.05) is 34.8 Å². The second-order valence-electron chi connectivity index (χ2n) is 5.95. The zero-order valence-corrected chi connectivity index (χ0v) is 17.3. The highest BCUT2D eigenvalue weighted by molar-refractivity contribution is 6.42. The van der Waals surface area contributed by atoms with Gasteiger partial charge in [-0.05, 0) is 36.4 Å². The van der Waals surface area contributed by atoms with Crippen molar-refractivity contribution in [2.45, 2.75) is 19.0 Å². The van der Waals surface area contributed by atoms with Gasteiger partial charge in [0.05, 0.1) is 32.7 Å². The predicted molar refractivity (Wildman–Crippen MR) is 106 cm³/mol. The lowest BCUT2D eigenvalue weighted by atomic mass is 10.1. The fourth-order valence-electron chi connectivity index (χ4n) is 2.20. The van der Waals surface area contributed by atoms with Gasteiger partial charge in [0.15, 0.2) is 12.4 Å². The Balaban J connectivity index is 1.84. The molecule has 0 aliphatic heterocycles. The number of halogens is 6. The number of anilines is 1. The standard InChI is InChI=1S/C19H13Cl3F3NO4/c20-12-3-1-10(7-14(12)22)16(27)9-30-18(29)6-5-17(28)26-15-8-11(19(23,24)25)2-4-13(15)21/h1-4,7-8H,5-6,9H2,(H,26,28). The third-order valence-electron chi connectivity index (χ3n) is 3.73. The quantitative estimate of drug-likeness (QED) is 0.399. The van der Waals surface area contributed by atoms with Crippen LogP contribution in [0.1, 0.15) is 28.8 Å². The largest absolute Gasteiger partial charge is 0.457 e. The van der Waals surface area contributed by atoms with Gasteiger partial charge in [0.2, 0.25) is 5.91 Å². The van der Waals surface area contributed by atoms with Crippen molar-refractivity contribution >= 4 is 58.1 Å². The summed E-state index contributed by atoms with van der Waals surface area (Å²) in [6.07, 6.45) is -5.38.